The number of methoxy groups -OCH3 is 1. The lowest BCUT2D eigenvalue weighted by Crippen LogP contribution is -2.44. The SMILES string of the molecule is CN=C(NCCCCN1CCN(C)CC1)NCCc1ccc(C)c(OC)c1.I. The Hall–Kier alpha value is -1.06. The summed E-state index contributed by atoms with van der Waals surface area (Å²) in [5.41, 5.74) is 2.44. The Bertz CT molecular complexity index is 588. The molecule has 0 aliphatic carbocycles. The fourth-order valence-corrected chi connectivity index (χ4v) is 3.30. The number of piperazine rings is 1. The molecule has 1 aromatic rings. The highest BCUT2D eigenvalue weighted by atomic mass is 127. The predicted octanol–water partition coefficient (Wildman–Crippen LogP) is 2.36. The summed E-state index contributed by atoms with van der Waals surface area (Å²) in [5, 5.41) is 6.82. The van der Waals surface area contributed by atoms with Gasteiger partial charge in [-0.1, -0.05) is 12.1 Å². The number of likely N-dealkylation sites (N-methyl/N-ethyl adjacent to an activating group) is 1. The number of benzene rings is 1. The summed E-state index contributed by atoms with van der Waals surface area (Å²) in [6.45, 7) is 9.89. The zero-order chi connectivity index (χ0) is 19.5. The maximum atomic E-state index is 5.40. The Morgan fingerprint density at radius 1 is 1.11 bits per heavy atom. The van der Waals surface area contributed by atoms with Crippen LogP contribution in [0.2, 0.25) is 0 Å². The third kappa shape index (κ3) is 8.96. The lowest BCUT2D eigenvalue weighted by Gasteiger charge is -2.32. The molecule has 7 heteroatoms. The van der Waals surface area contributed by atoms with Crippen LogP contribution in [0.3, 0.4) is 0 Å². The lowest BCUT2D eigenvalue weighted by molar-refractivity contribution is 0.152. The second-order valence-corrected chi connectivity index (χ2v) is 7.33. The smallest absolute Gasteiger partial charge is 0.190 e. The van der Waals surface area contributed by atoms with E-state index in [2.05, 4.69) is 57.6 Å². The first-order valence-corrected chi connectivity index (χ1v) is 10.1. The molecule has 160 valence electrons. The Labute approximate surface area is 188 Å². The molecule has 0 bridgehead atoms. The summed E-state index contributed by atoms with van der Waals surface area (Å²) in [6, 6.07) is 6.39. The lowest BCUT2D eigenvalue weighted by atomic mass is 10.1. The van der Waals surface area contributed by atoms with E-state index in [1.165, 1.54) is 56.7 Å². The van der Waals surface area contributed by atoms with E-state index in [1.807, 2.05) is 7.05 Å². The van der Waals surface area contributed by atoms with Crippen molar-refractivity contribution in [2.75, 3.05) is 67.0 Å². The summed E-state index contributed by atoms with van der Waals surface area (Å²) < 4.78 is 5.40. The van der Waals surface area contributed by atoms with Crippen molar-refractivity contribution in [1.29, 1.82) is 0 Å². The van der Waals surface area contributed by atoms with Gasteiger partial charge in [-0.2, -0.15) is 0 Å². The highest BCUT2D eigenvalue weighted by Gasteiger charge is 2.12. The van der Waals surface area contributed by atoms with Crippen molar-refractivity contribution in [2.45, 2.75) is 26.2 Å². The number of aliphatic imine (C=N–C) groups is 1. The van der Waals surface area contributed by atoms with Crippen molar-refractivity contribution in [1.82, 2.24) is 20.4 Å². The van der Waals surface area contributed by atoms with Gasteiger partial charge in [-0.3, -0.25) is 4.99 Å². The van der Waals surface area contributed by atoms with Crippen LogP contribution in [0.15, 0.2) is 23.2 Å². The highest BCUT2D eigenvalue weighted by molar-refractivity contribution is 14.0. The molecule has 2 N–H and O–H groups in total. The first-order valence-electron chi connectivity index (χ1n) is 10.1. The van der Waals surface area contributed by atoms with Gasteiger partial charge in [0.2, 0.25) is 0 Å². The molecule has 6 nitrogen and oxygen atoms in total. The molecule has 1 aliphatic heterocycles. The van der Waals surface area contributed by atoms with Crippen molar-refractivity contribution in [3.8, 4) is 5.75 Å². The molecule has 1 fully saturated rings. The summed E-state index contributed by atoms with van der Waals surface area (Å²) >= 11 is 0. The van der Waals surface area contributed by atoms with Crippen molar-refractivity contribution in [3.05, 3.63) is 29.3 Å². The Kier molecular flexibility index (Phi) is 12.5. The maximum absolute atomic E-state index is 5.40. The second kappa shape index (κ2) is 14.0. The summed E-state index contributed by atoms with van der Waals surface area (Å²) in [6.07, 6.45) is 3.35. The van der Waals surface area contributed by atoms with Gasteiger partial charge < -0.3 is 25.2 Å². The molecular formula is C21H38IN5O. The molecule has 0 unspecified atom stereocenters. The minimum atomic E-state index is 0. The monoisotopic (exact) mass is 503 g/mol. The fourth-order valence-electron chi connectivity index (χ4n) is 3.30. The van der Waals surface area contributed by atoms with E-state index in [1.54, 1.807) is 7.11 Å². The highest BCUT2D eigenvalue weighted by Crippen LogP contribution is 2.18. The van der Waals surface area contributed by atoms with Crippen LogP contribution in [0, 0.1) is 6.92 Å². The van der Waals surface area contributed by atoms with Crippen LogP contribution in [-0.2, 0) is 6.42 Å². The van der Waals surface area contributed by atoms with Crippen LogP contribution in [0.1, 0.15) is 24.0 Å². The van der Waals surface area contributed by atoms with Gasteiger partial charge in [-0.05, 0) is 57.0 Å². The average Bonchev–Trinajstić information content (AvgIpc) is 2.69. The molecular weight excluding hydrogens is 465 g/mol. The largest absolute Gasteiger partial charge is 0.496 e. The Morgan fingerprint density at radius 2 is 1.82 bits per heavy atom. The topological polar surface area (TPSA) is 52.1 Å². The van der Waals surface area contributed by atoms with Crippen molar-refractivity contribution >= 4 is 29.9 Å². The van der Waals surface area contributed by atoms with Crippen LogP contribution in [0.25, 0.3) is 0 Å². The molecule has 1 aromatic carbocycles. The van der Waals surface area contributed by atoms with Gasteiger partial charge in [-0.25, -0.2) is 0 Å². The maximum Gasteiger partial charge on any atom is 0.190 e. The van der Waals surface area contributed by atoms with Crippen LogP contribution < -0.4 is 15.4 Å². The van der Waals surface area contributed by atoms with Gasteiger partial charge in [0.05, 0.1) is 7.11 Å². The first-order chi connectivity index (χ1) is 13.1. The van der Waals surface area contributed by atoms with Crippen LogP contribution in [-0.4, -0.2) is 82.8 Å². The quantitative estimate of drug-likeness (QED) is 0.235. The normalized spacial score (nSPS) is 15.8. The molecule has 2 rings (SSSR count). The number of hydrogen-bond donors (Lipinski definition) is 2. The van der Waals surface area contributed by atoms with E-state index in [9.17, 15) is 0 Å². The minimum absolute atomic E-state index is 0. The van der Waals surface area contributed by atoms with E-state index in [0.717, 1.165) is 31.2 Å². The molecule has 0 aromatic heterocycles. The van der Waals surface area contributed by atoms with E-state index >= 15 is 0 Å². The van der Waals surface area contributed by atoms with E-state index in [0.29, 0.717) is 0 Å². The minimum Gasteiger partial charge on any atom is -0.496 e. The van der Waals surface area contributed by atoms with Crippen molar-refractivity contribution < 1.29 is 4.74 Å². The van der Waals surface area contributed by atoms with Gasteiger partial charge in [0, 0.05) is 46.3 Å². The molecule has 1 heterocycles. The zero-order valence-corrected chi connectivity index (χ0v) is 20.3. The number of rotatable bonds is 9. The standard InChI is InChI=1S/C21H37N5O.HI/c1-18-7-8-19(17-20(18)27-4)9-11-24-21(22-2)23-10-5-6-12-26-15-13-25(3)14-16-26;/h7-8,17H,5-6,9-16H2,1-4H3,(H2,22,23,24);1H. The molecule has 0 saturated carbocycles. The third-order valence-corrected chi connectivity index (χ3v) is 5.19. The number of aryl methyl sites for hydroxylation is 1. The molecule has 1 saturated heterocycles. The number of unbranched alkanes of at least 4 members (excludes halogenated alkanes) is 1. The number of halogens is 1. The number of hydrogen-bond acceptors (Lipinski definition) is 4. The van der Waals surface area contributed by atoms with Gasteiger partial charge in [0.25, 0.3) is 0 Å². The molecule has 0 amide bonds. The zero-order valence-electron chi connectivity index (χ0n) is 18.0. The van der Waals surface area contributed by atoms with Crippen LogP contribution >= 0.6 is 24.0 Å². The summed E-state index contributed by atoms with van der Waals surface area (Å²) in [7, 11) is 5.75. The molecule has 0 spiro atoms. The van der Waals surface area contributed by atoms with E-state index in [4.69, 9.17) is 4.74 Å². The predicted molar refractivity (Wildman–Crippen MR) is 129 cm³/mol. The summed E-state index contributed by atoms with van der Waals surface area (Å²) in [5.74, 6) is 1.84. The number of ether oxygens (including phenoxy) is 1. The van der Waals surface area contributed by atoms with Gasteiger partial charge in [0.1, 0.15) is 5.75 Å². The third-order valence-electron chi connectivity index (χ3n) is 5.19. The van der Waals surface area contributed by atoms with E-state index in [-0.39, 0.29) is 24.0 Å². The molecule has 28 heavy (non-hydrogen) atoms. The molecule has 0 radical (unpaired) electrons. The van der Waals surface area contributed by atoms with Crippen LogP contribution in [0.5, 0.6) is 5.75 Å². The fraction of sp³-hybridized carbons (Fsp3) is 0.667. The Balaban J connectivity index is 0.00000392. The van der Waals surface area contributed by atoms with Crippen LogP contribution in [0.4, 0.5) is 0 Å². The van der Waals surface area contributed by atoms with Crippen molar-refractivity contribution in [3.63, 3.8) is 0 Å². The number of nitrogens with zero attached hydrogens (tertiary/aromatic N) is 3. The molecule has 0 atom stereocenters. The Morgan fingerprint density at radius 3 is 2.50 bits per heavy atom. The van der Waals surface area contributed by atoms with E-state index < -0.39 is 0 Å². The van der Waals surface area contributed by atoms with Gasteiger partial charge in [0.15, 0.2) is 5.96 Å². The van der Waals surface area contributed by atoms with Gasteiger partial charge >= 0.3 is 0 Å². The summed E-state index contributed by atoms with van der Waals surface area (Å²) in [4.78, 5) is 9.29. The second-order valence-electron chi connectivity index (χ2n) is 7.33. The number of guanidine groups is 1. The van der Waals surface area contributed by atoms with Gasteiger partial charge in [-0.15, -0.1) is 24.0 Å². The first kappa shape index (κ1) is 25.0. The molecule has 1 aliphatic rings. The average molecular weight is 503 g/mol. The van der Waals surface area contributed by atoms with Crippen molar-refractivity contribution in [2.24, 2.45) is 4.99 Å². The number of nitrogens with one attached hydrogen (secondary N) is 2.